The molecule has 1 fully saturated rings. The van der Waals surface area contributed by atoms with Crippen molar-refractivity contribution in [2.75, 3.05) is 11.5 Å². The Labute approximate surface area is 240 Å². The van der Waals surface area contributed by atoms with Crippen molar-refractivity contribution in [1.82, 2.24) is 4.90 Å². The minimum Gasteiger partial charge on any atom is -0.460 e. The van der Waals surface area contributed by atoms with Gasteiger partial charge in [0.1, 0.15) is 31.5 Å². The number of benzene rings is 3. The van der Waals surface area contributed by atoms with Gasteiger partial charge in [-0.15, -0.1) is 0 Å². The van der Waals surface area contributed by atoms with Gasteiger partial charge in [0, 0.05) is 5.92 Å². The number of esters is 1. The van der Waals surface area contributed by atoms with E-state index in [1.165, 1.54) is 15.9 Å². The van der Waals surface area contributed by atoms with E-state index in [1.54, 1.807) is 0 Å². The number of fused-ring (bicyclic) bond motifs is 3. The molecule has 8 heteroatoms. The van der Waals surface area contributed by atoms with Crippen molar-refractivity contribution in [1.29, 1.82) is 0 Å². The highest BCUT2D eigenvalue weighted by atomic mass is 16.6. The van der Waals surface area contributed by atoms with Crippen LogP contribution < -0.4 is 4.90 Å². The van der Waals surface area contributed by atoms with Crippen LogP contribution in [0.2, 0.25) is 0 Å². The van der Waals surface area contributed by atoms with E-state index < -0.39 is 29.9 Å². The molecule has 1 saturated heterocycles. The summed E-state index contributed by atoms with van der Waals surface area (Å²) in [7, 11) is 0. The molecule has 0 spiro atoms. The molecule has 0 aromatic heterocycles. The van der Waals surface area contributed by atoms with Gasteiger partial charge in [-0.3, -0.25) is 9.80 Å². The van der Waals surface area contributed by atoms with E-state index in [2.05, 4.69) is 6.58 Å². The van der Waals surface area contributed by atoms with Crippen molar-refractivity contribution in [3.05, 3.63) is 114 Å². The number of hydrogen-bond donors (Lipinski definition) is 0. The van der Waals surface area contributed by atoms with E-state index in [4.69, 9.17) is 14.2 Å². The van der Waals surface area contributed by atoms with Crippen LogP contribution >= 0.6 is 0 Å². The van der Waals surface area contributed by atoms with E-state index in [-0.39, 0.29) is 32.2 Å². The van der Waals surface area contributed by atoms with E-state index in [1.807, 2.05) is 91.9 Å². The van der Waals surface area contributed by atoms with Crippen LogP contribution in [0.4, 0.5) is 15.3 Å². The van der Waals surface area contributed by atoms with Gasteiger partial charge in [0.15, 0.2) is 0 Å². The number of amides is 2. The first-order valence-corrected chi connectivity index (χ1v) is 13.9. The lowest BCUT2D eigenvalue weighted by Gasteiger charge is -2.40. The number of rotatable bonds is 9. The molecule has 0 saturated carbocycles. The van der Waals surface area contributed by atoms with Gasteiger partial charge in [-0.2, -0.15) is 0 Å². The van der Waals surface area contributed by atoms with Crippen molar-refractivity contribution in [3.8, 4) is 0 Å². The molecule has 212 valence electrons. The molecule has 3 aromatic carbocycles. The minimum atomic E-state index is -1.34. The predicted molar refractivity (Wildman–Crippen MR) is 154 cm³/mol. The Bertz CT molecular complexity index is 1400. The first-order chi connectivity index (χ1) is 20.0. The zero-order chi connectivity index (χ0) is 28.8. The zero-order valence-electron chi connectivity index (χ0n) is 23.1. The molecule has 5 rings (SSSR count). The maximum atomic E-state index is 14.0. The molecular formula is C33H34N2O6. The van der Waals surface area contributed by atoms with Crippen LogP contribution in [0.25, 0.3) is 0 Å². The molecule has 2 aliphatic heterocycles. The van der Waals surface area contributed by atoms with Crippen LogP contribution in [0.3, 0.4) is 0 Å². The van der Waals surface area contributed by atoms with Gasteiger partial charge in [0.25, 0.3) is 0 Å². The summed E-state index contributed by atoms with van der Waals surface area (Å²) in [6.07, 6.45) is 0.577. The van der Waals surface area contributed by atoms with E-state index >= 15 is 0 Å². The maximum absolute atomic E-state index is 14.0. The van der Waals surface area contributed by atoms with Gasteiger partial charge >= 0.3 is 18.2 Å². The lowest BCUT2D eigenvalue weighted by Crippen LogP contribution is -2.60. The third kappa shape index (κ3) is 5.42. The summed E-state index contributed by atoms with van der Waals surface area (Å²) >= 11 is 0. The summed E-state index contributed by atoms with van der Waals surface area (Å²) in [6.45, 7) is 5.70. The molecule has 41 heavy (non-hydrogen) atoms. The molecule has 2 amide bonds. The minimum absolute atomic E-state index is 0.00591. The normalized spacial score (nSPS) is 20.6. The van der Waals surface area contributed by atoms with Gasteiger partial charge in [0.2, 0.25) is 0 Å². The van der Waals surface area contributed by atoms with Crippen LogP contribution in [-0.4, -0.2) is 41.4 Å². The average Bonchev–Trinajstić information content (AvgIpc) is 3.50. The van der Waals surface area contributed by atoms with Gasteiger partial charge in [-0.05, 0) is 35.6 Å². The molecule has 3 aromatic rings. The van der Waals surface area contributed by atoms with Crippen molar-refractivity contribution in [2.24, 2.45) is 0 Å². The predicted octanol–water partition coefficient (Wildman–Crippen LogP) is 6.56. The van der Waals surface area contributed by atoms with Crippen molar-refractivity contribution in [2.45, 2.75) is 57.0 Å². The van der Waals surface area contributed by atoms with Gasteiger partial charge in [0.05, 0.1) is 5.69 Å². The second-order valence-corrected chi connectivity index (χ2v) is 10.3. The fraction of sp³-hybridized carbons (Fsp3) is 0.303. The number of para-hydroxylation sites is 1. The number of nitrogens with zero attached hydrogens (tertiary/aromatic N) is 2. The smallest absolute Gasteiger partial charge is 0.416 e. The highest BCUT2D eigenvalue weighted by Gasteiger charge is 2.64. The fourth-order valence-electron chi connectivity index (χ4n) is 5.99. The number of likely N-dealkylation sites (tertiary alicyclic amines) is 1. The van der Waals surface area contributed by atoms with Crippen molar-refractivity contribution < 1.29 is 28.6 Å². The summed E-state index contributed by atoms with van der Waals surface area (Å²) in [5.41, 5.74) is 1.81. The highest BCUT2D eigenvalue weighted by Crippen LogP contribution is 2.55. The van der Waals surface area contributed by atoms with Crippen molar-refractivity contribution >= 4 is 23.8 Å². The Balaban J connectivity index is 1.53. The van der Waals surface area contributed by atoms with E-state index in [9.17, 15) is 14.4 Å². The van der Waals surface area contributed by atoms with Crippen LogP contribution in [0.1, 0.15) is 48.8 Å². The first kappa shape index (κ1) is 28.0. The van der Waals surface area contributed by atoms with Crippen molar-refractivity contribution in [3.63, 3.8) is 0 Å². The topological polar surface area (TPSA) is 85.4 Å². The van der Waals surface area contributed by atoms with Crippen LogP contribution in [0.5, 0.6) is 0 Å². The summed E-state index contributed by atoms with van der Waals surface area (Å²) in [5.74, 6) is -0.886. The Morgan fingerprint density at radius 1 is 0.854 bits per heavy atom. The molecule has 0 aliphatic carbocycles. The molecule has 0 unspecified atom stereocenters. The molecule has 0 bridgehead atoms. The SMILES string of the molecule is C=CCOC(=O)[C@@]1(CCC)C[C@H]2c3ccccc3N(C(=O)OCc3ccccc3)[C@H]2N1C(=O)OCc1ccccc1. The maximum Gasteiger partial charge on any atom is 0.416 e. The third-order valence-corrected chi connectivity index (χ3v) is 7.68. The number of hydrogen-bond acceptors (Lipinski definition) is 6. The lowest BCUT2D eigenvalue weighted by atomic mass is 9.85. The lowest BCUT2D eigenvalue weighted by molar-refractivity contribution is -0.156. The Morgan fingerprint density at radius 2 is 1.44 bits per heavy atom. The third-order valence-electron chi connectivity index (χ3n) is 7.68. The fourth-order valence-corrected chi connectivity index (χ4v) is 5.99. The zero-order valence-corrected chi connectivity index (χ0v) is 23.1. The summed E-state index contributed by atoms with van der Waals surface area (Å²) in [6, 6.07) is 26.2. The Hall–Kier alpha value is -4.59. The number of carbonyl (C=O) groups excluding carboxylic acids is 3. The average molecular weight is 555 g/mol. The quantitative estimate of drug-likeness (QED) is 0.169. The van der Waals surface area contributed by atoms with Crippen LogP contribution in [0, 0.1) is 0 Å². The summed E-state index contributed by atoms with van der Waals surface area (Å²) in [5, 5.41) is 0. The Kier molecular flexibility index (Phi) is 8.38. The molecule has 2 aliphatic rings. The van der Waals surface area contributed by atoms with Crippen LogP contribution in [0.15, 0.2) is 97.6 Å². The Morgan fingerprint density at radius 3 is 2.05 bits per heavy atom. The van der Waals surface area contributed by atoms with E-state index in [0.717, 1.165) is 16.7 Å². The largest absolute Gasteiger partial charge is 0.460 e. The first-order valence-electron chi connectivity index (χ1n) is 13.9. The number of ether oxygens (including phenoxy) is 3. The van der Waals surface area contributed by atoms with E-state index in [0.29, 0.717) is 18.5 Å². The summed E-state index contributed by atoms with van der Waals surface area (Å²) in [4.78, 5) is 44.5. The molecule has 0 radical (unpaired) electrons. The number of carbonyl (C=O) groups is 3. The monoisotopic (exact) mass is 554 g/mol. The van der Waals surface area contributed by atoms with Gasteiger partial charge < -0.3 is 14.2 Å². The van der Waals surface area contributed by atoms with Gasteiger partial charge in [-0.1, -0.05) is 105 Å². The standard InChI is InChI=1S/C33H34N2O6/c1-3-19-33(30(36)39-20-4-2)21-27-26-17-11-12-18-28(26)34(31(37)40-22-24-13-7-5-8-14-24)29(27)35(33)32(38)41-23-25-15-9-6-10-16-25/h4-18,27,29H,2-3,19-23H2,1H3/t27-,29-,33+/m0/s1. The second-order valence-electron chi connectivity index (χ2n) is 10.3. The molecule has 3 atom stereocenters. The number of anilines is 1. The summed E-state index contributed by atoms with van der Waals surface area (Å²) < 4.78 is 17.2. The van der Waals surface area contributed by atoms with Crippen LogP contribution in [-0.2, 0) is 32.2 Å². The van der Waals surface area contributed by atoms with Gasteiger partial charge in [-0.25, -0.2) is 14.4 Å². The molecule has 0 N–H and O–H groups in total. The molecule has 2 heterocycles. The molecule has 8 nitrogen and oxygen atoms in total. The molecular weight excluding hydrogens is 520 g/mol. The highest BCUT2D eigenvalue weighted by molar-refractivity contribution is 5.95. The second kappa shape index (κ2) is 12.3.